The van der Waals surface area contributed by atoms with Crippen LogP contribution in [0.5, 0.6) is 0 Å². The topological polar surface area (TPSA) is 119 Å². The van der Waals surface area contributed by atoms with Crippen molar-refractivity contribution in [1.82, 2.24) is 9.88 Å². The summed E-state index contributed by atoms with van der Waals surface area (Å²) >= 11 is 0. The Morgan fingerprint density at radius 1 is 1.11 bits per heavy atom. The number of pyridine rings is 1. The number of fused-ring (bicyclic) bond motifs is 1. The first kappa shape index (κ1) is 29.6. The third-order valence-electron chi connectivity index (χ3n) is 5.76. The monoisotopic (exact) mass is 553 g/mol. The Morgan fingerprint density at radius 3 is 2.53 bits per heavy atom. The van der Waals surface area contributed by atoms with E-state index in [9.17, 15) is 23.2 Å². The molecule has 0 aliphatic carbocycles. The van der Waals surface area contributed by atoms with E-state index in [4.69, 9.17) is 9.26 Å². The molecular weight excluding hydrogens is 523 g/mol. The van der Waals surface area contributed by atoms with Gasteiger partial charge in [0.25, 0.3) is 0 Å². The fourth-order valence-electron chi connectivity index (χ4n) is 3.65. The summed E-state index contributed by atoms with van der Waals surface area (Å²) in [5.74, 6) is -1.71. The lowest BCUT2D eigenvalue weighted by Gasteiger charge is -2.29. The summed E-state index contributed by atoms with van der Waals surface area (Å²) in [6.45, 7) is -0.686. The molecule has 0 saturated heterocycles. The van der Waals surface area contributed by atoms with Crippen LogP contribution in [0.4, 0.5) is 19.4 Å². The van der Waals surface area contributed by atoms with Gasteiger partial charge in [0.2, 0.25) is 0 Å². The van der Waals surface area contributed by atoms with Gasteiger partial charge in [-0.05, 0) is 31.0 Å². The van der Waals surface area contributed by atoms with Crippen molar-refractivity contribution in [2.75, 3.05) is 39.8 Å². The first-order valence-electron chi connectivity index (χ1n) is 11.6. The van der Waals surface area contributed by atoms with E-state index >= 15 is 0 Å². The van der Waals surface area contributed by atoms with Crippen LogP contribution in [0.3, 0.4) is 0 Å². The molecule has 3 rings (SSSR count). The Kier molecular flexibility index (Phi) is 10.7. The third kappa shape index (κ3) is 8.26. The average Bonchev–Trinajstić information content (AvgIpc) is 2.92. The molecule has 0 radical (unpaired) electrons. The number of carbonyl (C=O) groups is 1. The fraction of sp³-hybridized carbons (Fsp3) is 0.360. The molecule has 2 aromatic carbocycles. The highest BCUT2D eigenvalue weighted by Crippen LogP contribution is 2.47. The number of likely N-dealkylation sites (N-methyl/N-ethyl adjacent to an activating group) is 1. The Hall–Kier alpha value is -2.99. The molecule has 13 heteroatoms. The summed E-state index contributed by atoms with van der Waals surface area (Å²) in [7, 11) is 0.0504. The van der Waals surface area contributed by atoms with Gasteiger partial charge in [-0.25, -0.2) is 23.1 Å². The van der Waals surface area contributed by atoms with E-state index in [1.807, 2.05) is 24.3 Å². The van der Waals surface area contributed by atoms with Crippen molar-refractivity contribution >= 4 is 30.5 Å². The second-order valence-electron chi connectivity index (χ2n) is 8.42. The van der Waals surface area contributed by atoms with E-state index in [-0.39, 0.29) is 31.0 Å². The molecule has 0 aliphatic heterocycles. The van der Waals surface area contributed by atoms with Crippen LogP contribution in [-0.4, -0.2) is 67.7 Å². The molecule has 0 spiro atoms. The highest BCUT2D eigenvalue weighted by molar-refractivity contribution is 7.48. The predicted octanol–water partition coefficient (Wildman–Crippen LogP) is 4.73. The number of carbonyl (C=O) groups excluding carboxylic acids is 1. The van der Waals surface area contributed by atoms with E-state index in [0.717, 1.165) is 31.1 Å². The van der Waals surface area contributed by atoms with Crippen molar-refractivity contribution in [3.05, 3.63) is 71.9 Å². The van der Waals surface area contributed by atoms with Gasteiger partial charge in [0.15, 0.2) is 11.6 Å². The molecule has 1 heterocycles. The summed E-state index contributed by atoms with van der Waals surface area (Å²) in [4.78, 5) is 18.3. The van der Waals surface area contributed by atoms with Gasteiger partial charge < -0.3 is 9.84 Å². The number of rotatable bonds is 13. The first-order chi connectivity index (χ1) is 18.1. The van der Waals surface area contributed by atoms with Crippen LogP contribution in [0.15, 0.2) is 54.7 Å². The summed E-state index contributed by atoms with van der Waals surface area (Å²) in [5.41, 5.74) is 0.0799. The minimum atomic E-state index is -3.82. The SMILES string of the molecule is COP(=O)(OC)OC[C@H](O)C[C@@H](COC(=O)Nc1cc2ccccc2cn1)N(C)Cc1cccc(F)c1F. The number of anilines is 1. The molecule has 0 aliphatic rings. The minimum Gasteiger partial charge on any atom is -0.448 e. The summed E-state index contributed by atoms with van der Waals surface area (Å²) < 4.78 is 59.9. The molecular formula is C25H30F2N3O7P. The average molecular weight is 553 g/mol. The lowest BCUT2D eigenvalue weighted by Crippen LogP contribution is -2.40. The standard InChI is InChI=1S/C25H30F2N3O7P/c1-30(14-19-9-6-10-22(26)24(19)27)20(12-21(31)16-37-38(33,34-2)35-3)15-36-25(32)29-23-11-17-7-4-5-8-18(17)13-28-23/h4-11,13,20-21,31H,12,14-16H2,1-3H3,(H,28,29,32)/t20-,21+/m0/s1. The van der Waals surface area contributed by atoms with Crippen molar-refractivity contribution in [2.24, 2.45) is 0 Å². The zero-order valence-electron chi connectivity index (χ0n) is 21.2. The summed E-state index contributed by atoms with van der Waals surface area (Å²) in [5, 5.41) is 14.8. The van der Waals surface area contributed by atoms with E-state index in [0.29, 0.717) is 0 Å². The lowest BCUT2D eigenvalue weighted by atomic mass is 10.1. The lowest BCUT2D eigenvalue weighted by molar-refractivity contribution is 0.0321. The van der Waals surface area contributed by atoms with Crippen LogP contribution in [0, 0.1) is 11.6 Å². The number of aliphatic hydroxyl groups excluding tert-OH is 1. The number of phosphoric ester groups is 1. The van der Waals surface area contributed by atoms with Crippen molar-refractivity contribution in [1.29, 1.82) is 0 Å². The molecule has 2 N–H and O–H groups in total. The Labute approximate surface area is 219 Å². The number of halogens is 2. The second-order valence-corrected chi connectivity index (χ2v) is 10.3. The largest absolute Gasteiger partial charge is 0.474 e. The smallest absolute Gasteiger partial charge is 0.448 e. The van der Waals surface area contributed by atoms with Crippen LogP contribution < -0.4 is 5.32 Å². The number of nitrogens with one attached hydrogen (secondary N) is 1. The molecule has 10 nitrogen and oxygen atoms in total. The number of hydrogen-bond acceptors (Lipinski definition) is 9. The highest BCUT2D eigenvalue weighted by Gasteiger charge is 2.27. The van der Waals surface area contributed by atoms with E-state index in [1.165, 1.54) is 12.1 Å². The normalized spacial score (nSPS) is 13.4. The first-order valence-corrected chi connectivity index (χ1v) is 13.1. The van der Waals surface area contributed by atoms with E-state index < -0.39 is 44.3 Å². The van der Waals surface area contributed by atoms with Gasteiger partial charge >= 0.3 is 13.9 Å². The van der Waals surface area contributed by atoms with Gasteiger partial charge in [-0.15, -0.1) is 0 Å². The molecule has 2 atom stereocenters. The fourth-order valence-corrected chi connectivity index (χ4v) is 4.36. The molecule has 0 unspecified atom stereocenters. The number of nitrogens with zero attached hydrogens (tertiary/aromatic N) is 2. The summed E-state index contributed by atoms with van der Waals surface area (Å²) in [6.07, 6.45) is -0.406. The zero-order chi connectivity index (χ0) is 27.7. The number of ether oxygens (including phenoxy) is 1. The maximum Gasteiger partial charge on any atom is 0.474 e. The molecule has 0 saturated carbocycles. The number of phosphoric acid groups is 1. The molecule has 1 aromatic heterocycles. The summed E-state index contributed by atoms with van der Waals surface area (Å²) in [6, 6.07) is 12.3. The number of amides is 1. The maximum atomic E-state index is 14.3. The highest BCUT2D eigenvalue weighted by atomic mass is 31.2. The maximum absolute atomic E-state index is 14.3. The Morgan fingerprint density at radius 2 is 1.82 bits per heavy atom. The van der Waals surface area contributed by atoms with Crippen LogP contribution in [0.1, 0.15) is 12.0 Å². The number of aliphatic hydroxyl groups is 1. The molecule has 3 aromatic rings. The molecule has 0 bridgehead atoms. The van der Waals surface area contributed by atoms with Crippen molar-refractivity contribution in [2.45, 2.75) is 25.1 Å². The second kappa shape index (κ2) is 13.7. The zero-order valence-corrected chi connectivity index (χ0v) is 22.1. The number of aromatic nitrogens is 1. The number of benzene rings is 2. The third-order valence-corrected chi connectivity index (χ3v) is 7.12. The van der Waals surface area contributed by atoms with E-state index in [1.54, 1.807) is 24.2 Å². The quantitative estimate of drug-likeness (QED) is 0.290. The Bertz CT molecular complexity index is 1270. The van der Waals surface area contributed by atoms with E-state index in [2.05, 4.69) is 19.3 Å². The van der Waals surface area contributed by atoms with Gasteiger partial charge in [-0.2, -0.15) is 0 Å². The molecule has 206 valence electrons. The van der Waals surface area contributed by atoms with Crippen molar-refractivity contribution in [3.8, 4) is 0 Å². The van der Waals surface area contributed by atoms with Crippen LogP contribution in [-0.2, 0) is 29.4 Å². The van der Waals surface area contributed by atoms with Crippen LogP contribution >= 0.6 is 7.82 Å². The number of hydrogen-bond donors (Lipinski definition) is 2. The Balaban J connectivity index is 1.67. The van der Waals surface area contributed by atoms with Crippen molar-refractivity contribution in [3.63, 3.8) is 0 Å². The molecule has 38 heavy (non-hydrogen) atoms. The van der Waals surface area contributed by atoms with Crippen LogP contribution in [0.25, 0.3) is 10.8 Å². The van der Waals surface area contributed by atoms with Gasteiger partial charge in [-0.1, -0.05) is 36.4 Å². The predicted molar refractivity (Wildman–Crippen MR) is 137 cm³/mol. The van der Waals surface area contributed by atoms with Gasteiger partial charge in [0.1, 0.15) is 12.4 Å². The van der Waals surface area contributed by atoms with Gasteiger partial charge in [0, 0.05) is 44.0 Å². The van der Waals surface area contributed by atoms with Gasteiger partial charge in [0.05, 0.1) is 12.7 Å². The van der Waals surface area contributed by atoms with Crippen LogP contribution in [0.2, 0.25) is 0 Å². The minimum absolute atomic E-state index is 0.0393. The van der Waals surface area contributed by atoms with Gasteiger partial charge in [-0.3, -0.25) is 23.8 Å². The van der Waals surface area contributed by atoms with Crippen molar-refractivity contribution < 1.29 is 41.6 Å². The molecule has 1 amide bonds. The molecule has 0 fully saturated rings.